The SMILES string of the molecule is CCn1cnnc1CNC(=O)c1cc(S(N)(=O)=O)ccc1OC. The van der Waals surface area contributed by atoms with Crippen molar-refractivity contribution in [2.45, 2.75) is 24.9 Å². The summed E-state index contributed by atoms with van der Waals surface area (Å²) in [5, 5.41) is 15.4. The number of aryl methyl sites for hydroxylation is 1. The van der Waals surface area contributed by atoms with Gasteiger partial charge in [0.1, 0.15) is 12.1 Å². The van der Waals surface area contributed by atoms with Crippen molar-refractivity contribution in [2.75, 3.05) is 7.11 Å². The Kier molecular flexibility index (Phi) is 4.96. The van der Waals surface area contributed by atoms with Crippen molar-refractivity contribution in [1.82, 2.24) is 20.1 Å². The van der Waals surface area contributed by atoms with Crippen LogP contribution in [0.1, 0.15) is 23.1 Å². The fourth-order valence-electron chi connectivity index (χ4n) is 1.98. The standard InChI is InChI=1S/C13H17N5O4S/c1-3-18-8-16-17-12(18)7-15-13(19)10-6-9(23(14,20)21)4-5-11(10)22-2/h4-6,8H,3,7H2,1-2H3,(H,15,19)(H2,14,20,21). The third-order valence-electron chi connectivity index (χ3n) is 3.19. The van der Waals surface area contributed by atoms with Gasteiger partial charge in [-0.05, 0) is 25.1 Å². The number of aromatic nitrogens is 3. The molecule has 2 rings (SSSR count). The first-order valence-corrected chi connectivity index (χ1v) is 8.27. The van der Waals surface area contributed by atoms with Gasteiger partial charge >= 0.3 is 0 Å². The molecule has 0 radical (unpaired) electrons. The van der Waals surface area contributed by atoms with Gasteiger partial charge in [0.2, 0.25) is 10.0 Å². The molecule has 0 fully saturated rings. The Morgan fingerprint density at radius 1 is 1.43 bits per heavy atom. The molecule has 124 valence electrons. The van der Waals surface area contributed by atoms with Crippen molar-refractivity contribution in [3.05, 3.63) is 35.9 Å². The first kappa shape index (κ1) is 16.9. The number of benzene rings is 1. The molecule has 2 aromatic rings. The van der Waals surface area contributed by atoms with Gasteiger partial charge in [-0.2, -0.15) is 0 Å². The minimum atomic E-state index is -3.91. The monoisotopic (exact) mass is 339 g/mol. The molecule has 0 saturated carbocycles. The summed E-state index contributed by atoms with van der Waals surface area (Å²) in [4.78, 5) is 12.1. The molecule has 1 aromatic carbocycles. The number of nitrogens with zero attached hydrogens (tertiary/aromatic N) is 3. The van der Waals surface area contributed by atoms with Gasteiger partial charge in [0, 0.05) is 6.54 Å². The predicted octanol–water partition coefficient (Wildman–Crippen LogP) is -0.116. The molecule has 0 aliphatic rings. The highest BCUT2D eigenvalue weighted by Crippen LogP contribution is 2.21. The molecule has 0 aliphatic carbocycles. The molecule has 9 nitrogen and oxygen atoms in total. The maximum atomic E-state index is 12.3. The van der Waals surface area contributed by atoms with Crippen LogP contribution in [-0.4, -0.2) is 36.2 Å². The molecule has 1 heterocycles. The molecule has 0 atom stereocenters. The number of carbonyl (C=O) groups excluding carboxylic acids is 1. The second-order valence-electron chi connectivity index (χ2n) is 4.62. The van der Waals surface area contributed by atoms with E-state index in [4.69, 9.17) is 9.88 Å². The van der Waals surface area contributed by atoms with Crippen LogP contribution in [0.25, 0.3) is 0 Å². The lowest BCUT2D eigenvalue weighted by molar-refractivity contribution is 0.0946. The number of carbonyl (C=O) groups is 1. The normalized spacial score (nSPS) is 11.3. The van der Waals surface area contributed by atoms with Crippen molar-refractivity contribution >= 4 is 15.9 Å². The molecule has 0 bridgehead atoms. The highest BCUT2D eigenvalue weighted by molar-refractivity contribution is 7.89. The van der Waals surface area contributed by atoms with Gasteiger partial charge in [-0.1, -0.05) is 0 Å². The number of nitrogens with one attached hydrogen (secondary N) is 1. The van der Waals surface area contributed by atoms with E-state index in [0.29, 0.717) is 12.4 Å². The fraction of sp³-hybridized carbons (Fsp3) is 0.308. The quantitative estimate of drug-likeness (QED) is 0.755. The second kappa shape index (κ2) is 6.75. The van der Waals surface area contributed by atoms with E-state index in [0.717, 1.165) is 0 Å². The highest BCUT2D eigenvalue weighted by atomic mass is 32.2. The van der Waals surface area contributed by atoms with E-state index in [1.54, 1.807) is 10.9 Å². The molecule has 10 heteroatoms. The summed E-state index contributed by atoms with van der Waals surface area (Å²) in [6.07, 6.45) is 1.56. The molecule has 3 N–H and O–H groups in total. The number of sulfonamides is 1. The van der Waals surface area contributed by atoms with Gasteiger partial charge < -0.3 is 14.6 Å². The first-order chi connectivity index (χ1) is 10.9. The molecule has 1 aromatic heterocycles. The van der Waals surface area contributed by atoms with Crippen molar-refractivity contribution in [3.8, 4) is 5.75 Å². The summed E-state index contributed by atoms with van der Waals surface area (Å²) >= 11 is 0. The second-order valence-corrected chi connectivity index (χ2v) is 6.18. The Labute approximate surface area is 133 Å². The van der Waals surface area contributed by atoms with E-state index < -0.39 is 15.9 Å². The molecule has 0 unspecified atom stereocenters. The average Bonchev–Trinajstić information content (AvgIpc) is 2.98. The highest BCUT2D eigenvalue weighted by Gasteiger charge is 2.17. The summed E-state index contributed by atoms with van der Waals surface area (Å²) in [7, 11) is -2.53. The molecular weight excluding hydrogens is 322 g/mol. The Morgan fingerprint density at radius 2 is 2.17 bits per heavy atom. The van der Waals surface area contributed by atoms with Crippen LogP contribution in [0, 0.1) is 0 Å². The third-order valence-corrected chi connectivity index (χ3v) is 4.10. The zero-order chi connectivity index (χ0) is 17.0. The lowest BCUT2D eigenvalue weighted by Gasteiger charge is -2.11. The van der Waals surface area contributed by atoms with Gasteiger partial charge in [0.25, 0.3) is 5.91 Å². The largest absolute Gasteiger partial charge is 0.496 e. The maximum Gasteiger partial charge on any atom is 0.255 e. The van der Waals surface area contributed by atoms with Crippen LogP contribution in [0.4, 0.5) is 0 Å². The van der Waals surface area contributed by atoms with E-state index in [1.807, 2.05) is 6.92 Å². The lowest BCUT2D eigenvalue weighted by Crippen LogP contribution is -2.25. The number of amides is 1. The van der Waals surface area contributed by atoms with E-state index in [2.05, 4.69) is 15.5 Å². The molecule has 0 aliphatic heterocycles. The van der Waals surface area contributed by atoms with Gasteiger partial charge in [-0.15, -0.1) is 10.2 Å². The van der Waals surface area contributed by atoms with Crippen LogP contribution in [0.5, 0.6) is 5.75 Å². The van der Waals surface area contributed by atoms with Gasteiger partial charge in [-0.3, -0.25) is 4.79 Å². The van der Waals surface area contributed by atoms with E-state index >= 15 is 0 Å². The number of hydrogen-bond donors (Lipinski definition) is 2. The van der Waals surface area contributed by atoms with Crippen molar-refractivity contribution in [2.24, 2.45) is 5.14 Å². The number of primary sulfonamides is 1. The van der Waals surface area contributed by atoms with Crippen LogP contribution < -0.4 is 15.2 Å². The smallest absolute Gasteiger partial charge is 0.255 e. The van der Waals surface area contributed by atoms with Crippen LogP contribution in [0.2, 0.25) is 0 Å². The number of ether oxygens (including phenoxy) is 1. The zero-order valence-electron chi connectivity index (χ0n) is 12.7. The van der Waals surface area contributed by atoms with Gasteiger partial charge in [0.15, 0.2) is 5.82 Å². The van der Waals surface area contributed by atoms with Crippen LogP contribution >= 0.6 is 0 Å². The molecule has 23 heavy (non-hydrogen) atoms. The number of methoxy groups -OCH3 is 1. The number of nitrogens with two attached hydrogens (primary N) is 1. The molecule has 1 amide bonds. The Morgan fingerprint density at radius 3 is 2.78 bits per heavy atom. The van der Waals surface area contributed by atoms with Crippen molar-refractivity contribution in [3.63, 3.8) is 0 Å². The summed E-state index contributed by atoms with van der Waals surface area (Å²) in [5.41, 5.74) is 0.0709. The zero-order valence-corrected chi connectivity index (χ0v) is 13.5. The minimum absolute atomic E-state index is 0.0709. The number of rotatable bonds is 6. The van der Waals surface area contributed by atoms with Crippen molar-refractivity contribution < 1.29 is 17.9 Å². The van der Waals surface area contributed by atoms with Gasteiger partial charge in [0.05, 0.1) is 24.1 Å². The minimum Gasteiger partial charge on any atom is -0.496 e. The lowest BCUT2D eigenvalue weighted by atomic mass is 10.2. The summed E-state index contributed by atoms with van der Waals surface area (Å²) < 4.78 is 29.7. The van der Waals surface area contributed by atoms with Gasteiger partial charge in [-0.25, -0.2) is 13.6 Å². The van der Waals surface area contributed by atoms with Crippen LogP contribution in [0.3, 0.4) is 0 Å². The maximum absolute atomic E-state index is 12.3. The average molecular weight is 339 g/mol. The Balaban J connectivity index is 2.24. The topological polar surface area (TPSA) is 129 Å². The summed E-state index contributed by atoms with van der Waals surface area (Å²) in [6, 6.07) is 3.83. The Hall–Kier alpha value is -2.46. The summed E-state index contributed by atoms with van der Waals surface area (Å²) in [6.45, 7) is 2.74. The molecular formula is C13H17N5O4S. The van der Waals surface area contributed by atoms with Crippen molar-refractivity contribution in [1.29, 1.82) is 0 Å². The third kappa shape index (κ3) is 3.85. The van der Waals surface area contributed by atoms with Crippen LogP contribution in [-0.2, 0) is 23.1 Å². The summed E-state index contributed by atoms with van der Waals surface area (Å²) in [5.74, 6) is 0.326. The van der Waals surface area contributed by atoms with E-state index in [-0.39, 0.29) is 22.8 Å². The molecule has 0 spiro atoms. The number of hydrogen-bond acceptors (Lipinski definition) is 6. The van der Waals surface area contributed by atoms with Crippen LogP contribution in [0.15, 0.2) is 29.4 Å². The van der Waals surface area contributed by atoms with E-state index in [9.17, 15) is 13.2 Å². The first-order valence-electron chi connectivity index (χ1n) is 6.72. The van der Waals surface area contributed by atoms with E-state index in [1.165, 1.54) is 25.3 Å². The predicted molar refractivity (Wildman–Crippen MR) is 81.2 cm³/mol. The Bertz CT molecular complexity index is 816. The fourth-order valence-corrected chi connectivity index (χ4v) is 2.52. The molecule has 0 saturated heterocycles.